The van der Waals surface area contributed by atoms with Crippen LogP contribution in [0.4, 0.5) is 15.8 Å². The fraction of sp³-hybridized carbons (Fsp3) is 0.350. The predicted octanol–water partition coefficient (Wildman–Crippen LogP) is 3.52. The van der Waals surface area contributed by atoms with E-state index in [1.54, 1.807) is 12.1 Å². The second kappa shape index (κ2) is 8.00. The van der Waals surface area contributed by atoms with E-state index in [4.69, 9.17) is 5.26 Å². The molecule has 0 atom stereocenters. The van der Waals surface area contributed by atoms with Crippen LogP contribution in [-0.2, 0) is 6.54 Å². The van der Waals surface area contributed by atoms with Gasteiger partial charge in [0.15, 0.2) is 0 Å². The third-order valence-electron chi connectivity index (χ3n) is 4.77. The summed E-state index contributed by atoms with van der Waals surface area (Å²) in [6.45, 7) is 2.44. The predicted molar refractivity (Wildman–Crippen MR) is 96.9 cm³/mol. The minimum Gasteiger partial charge on any atom is -0.396 e. The van der Waals surface area contributed by atoms with Crippen LogP contribution in [0.2, 0.25) is 0 Å². The topological polar surface area (TPSA) is 59.3 Å². The van der Waals surface area contributed by atoms with Gasteiger partial charge in [-0.2, -0.15) is 5.26 Å². The molecule has 5 heteroatoms. The highest BCUT2D eigenvalue weighted by molar-refractivity contribution is 5.70. The first-order valence-electron chi connectivity index (χ1n) is 8.58. The minimum atomic E-state index is -0.368. The summed E-state index contributed by atoms with van der Waals surface area (Å²) in [6.07, 6.45) is 1.96. The monoisotopic (exact) mass is 339 g/mol. The Bertz CT molecular complexity index is 764. The Balaban J connectivity index is 1.70. The van der Waals surface area contributed by atoms with Crippen LogP contribution in [0.5, 0.6) is 0 Å². The smallest absolute Gasteiger partial charge is 0.129 e. The molecule has 1 heterocycles. The van der Waals surface area contributed by atoms with E-state index in [9.17, 15) is 9.50 Å². The number of halogens is 1. The molecule has 0 saturated carbocycles. The lowest BCUT2D eigenvalue weighted by Crippen LogP contribution is -2.35. The Morgan fingerprint density at radius 1 is 1.20 bits per heavy atom. The highest BCUT2D eigenvalue weighted by atomic mass is 19.1. The van der Waals surface area contributed by atoms with E-state index < -0.39 is 0 Å². The van der Waals surface area contributed by atoms with Gasteiger partial charge in [0.2, 0.25) is 0 Å². The van der Waals surface area contributed by atoms with Crippen LogP contribution >= 0.6 is 0 Å². The zero-order chi connectivity index (χ0) is 17.6. The number of hydrogen-bond donors (Lipinski definition) is 2. The van der Waals surface area contributed by atoms with Gasteiger partial charge < -0.3 is 15.3 Å². The van der Waals surface area contributed by atoms with Crippen molar-refractivity contribution in [1.29, 1.82) is 5.26 Å². The maximum absolute atomic E-state index is 14.1. The van der Waals surface area contributed by atoms with Crippen LogP contribution in [0, 0.1) is 23.1 Å². The summed E-state index contributed by atoms with van der Waals surface area (Å²) in [6, 6.07) is 14.5. The standard InChI is InChI=1S/C20H22FN3O/c21-18-11-16(12-22)5-6-17(18)13-23-19-3-1-2-4-20(19)24-9-7-15(14-25)8-10-24/h1-6,11,15,23,25H,7-10,13-14H2. The summed E-state index contributed by atoms with van der Waals surface area (Å²) >= 11 is 0. The summed E-state index contributed by atoms with van der Waals surface area (Å²) in [7, 11) is 0. The molecule has 0 amide bonds. The van der Waals surface area contributed by atoms with Crippen molar-refractivity contribution in [3.63, 3.8) is 0 Å². The second-order valence-corrected chi connectivity index (χ2v) is 6.40. The fourth-order valence-electron chi connectivity index (χ4n) is 3.21. The lowest BCUT2D eigenvalue weighted by molar-refractivity contribution is 0.203. The second-order valence-electron chi connectivity index (χ2n) is 6.40. The highest BCUT2D eigenvalue weighted by Gasteiger charge is 2.20. The molecule has 1 aliphatic heterocycles. The number of nitrogens with zero attached hydrogens (tertiary/aromatic N) is 2. The molecule has 1 aliphatic rings. The van der Waals surface area contributed by atoms with Crippen LogP contribution in [0.1, 0.15) is 24.0 Å². The van der Waals surface area contributed by atoms with Crippen molar-refractivity contribution >= 4 is 11.4 Å². The lowest BCUT2D eigenvalue weighted by Gasteiger charge is -2.34. The van der Waals surface area contributed by atoms with Gasteiger partial charge in [0.1, 0.15) is 5.82 Å². The number of aliphatic hydroxyl groups excluding tert-OH is 1. The number of para-hydroxylation sites is 2. The number of nitrogens with one attached hydrogen (secondary N) is 1. The first kappa shape index (κ1) is 17.2. The third-order valence-corrected chi connectivity index (χ3v) is 4.77. The van der Waals surface area contributed by atoms with Crippen LogP contribution in [0.3, 0.4) is 0 Å². The van der Waals surface area contributed by atoms with Crippen LogP contribution < -0.4 is 10.2 Å². The third kappa shape index (κ3) is 4.09. The number of aliphatic hydroxyl groups is 1. The fourth-order valence-corrected chi connectivity index (χ4v) is 3.21. The Kier molecular flexibility index (Phi) is 5.52. The minimum absolute atomic E-state index is 0.256. The molecule has 0 aromatic heterocycles. The molecule has 0 aliphatic carbocycles. The quantitative estimate of drug-likeness (QED) is 0.875. The first-order chi connectivity index (χ1) is 12.2. The van der Waals surface area contributed by atoms with Crippen LogP contribution in [-0.4, -0.2) is 24.8 Å². The van der Waals surface area contributed by atoms with E-state index in [1.807, 2.05) is 24.3 Å². The highest BCUT2D eigenvalue weighted by Crippen LogP contribution is 2.30. The van der Waals surface area contributed by atoms with Gasteiger partial charge in [0.05, 0.1) is 23.0 Å². The Morgan fingerprint density at radius 2 is 1.96 bits per heavy atom. The van der Waals surface area contributed by atoms with Gasteiger partial charge in [-0.3, -0.25) is 0 Å². The maximum atomic E-state index is 14.1. The molecule has 2 N–H and O–H groups in total. The first-order valence-corrected chi connectivity index (χ1v) is 8.58. The summed E-state index contributed by atoms with van der Waals surface area (Å²) in [5.74, 6) is 0.0249. The van der Waals surface area contributed by atoms with E-state index in [0.717, 1.165) is 37.3 Å². The number of nitriles is 1. The molecule has 0 spiro atoms. The molecule has 1 saturated heterocycles. The average molecular weight is 339 g/mol. The van der Waals surface area contributed by atoms with Crippen molar-refractivity contribution in [2.75, 3.05) is 29.9 Å². The molecule has 4 nitrogen and oxygen atoms in total. The van der Waals surface area contributed by atoms with Crippen LogP contribution in [0.25, 0.3) is 0 Å². The largest absolute Gasteiger partial charge is 0.396 e. The van der Waals surface area contributed by atoms with Crippen molar-refractivity contribution in [2.24, 2.45) is 5.92 Å². The molecule has 130 valence electrons. The summed E-state index contributed by atoms with van der Waals surface area (Å²) in [5, 5.41) is 21.4. The summed E-state index contributed by atoms with van der Waals surface area (Å²) < 4.78 is 14.1. The zero-order valence-electron chi connectivity index (χ0n) is 14.1. The van der Waals surface area contributed by atoms with E-state index in [0.29, 0.717) is 23.6 Å². The Morgan fingerprint density at radius 3 is 2.64 bits per heavy atom. The number of rotatable bonds is 5. The maximum Gasteiger partial charge on any atom is 0.129 e. The van der Waals surface area contributed by atoms with Crippen molar-refractivity contribution in [1.82, 2.24) is 0 Å². The lowest BCUT2D eigenvalue weighted by atomic mass is 9.97. The number of piperidine rings is 1. The normalized spacial score (nSPS) is 15.0. The van der Waals surface area contributed by atoms with Gasteiger partial charge in [0, 0.05) is 31.8 Å². The molecular formula is C20H22FN3O. The Labute approximate surface area is 147 Å². The Hall–Kier alpha value is -2.58. The number of benzene rings is 2. The SMILES string of the molecule is N#Cc1ccc(CNc2ccccc2N2CCC(CO)CC2)c(F)c1. The summed E-state index contributed by atoms with van der Waals surface area (Å²) in [4.78, 5) is 2.31. The van der Waals surface area contributed by atoms with Crippen molar-refractivity contribution in [3.8, 4) is 6.07 Å². The van der Waals surface area contributed by atoms with Crippen molar-refractivity contribution < 1.29 is 9.50 Å². The van der Waals surface area contributed by atoms with Crippen LogP contribution in [0.15, 0.2) is 42.5 Å². The van der Waals surface area contributed by atoms with Gasteiger partial charge >= 0.3 is 0 Å². The molecule has 3 rings (SSSR count). The van der Waals surface area contributed by atoms with E-state index >= 15 is 0 Å². The summed E-state index contributed by atoms with van der Waals surface area (Å²) in [5.41, 5.74) is 2.93. The van der Waals surface area contributed by atoms with Gasteiger partial charge in [-0.05, 0) is 43.0 Å². The van der Waals surface area contributed by atoms with Gasteiger partial charge in [-0.1, -0.05) is 18.2 Å². The molecule has 2 aromatic rings. The molecule has 2 aromatic carbocycles. The number of hydrogen-bond acceptors (Lipinski definition) is 4. The average Bonchev–Trinajstić information content (AvgIpc) is 2.67. The molecule has 25 heavy (non-hydrogen) atoms. The molecule has 0 radical (unpaired) electrons. The van der Waals surface area contributed by atoms with Gasteiger partial charge in [-0.25, -0.2) is 4.39 Å². The van der Waals surface area contributed by atoms with Crippen molar-refractivity contribution in [2.45, 2.75) is 19.4 Å². The molecular weight excluding hydrogens is 317 g/mol. The van der Waals surface area contributed by atoms with Crippen molar-refractivity contribution in [3.05, 3.63) is 59.4 Å². The zero-order valence-corrected chi connectivity index (χ0v) is 14.1. The van der Waals surface area contributed by atoms with Gasteiger partial charge in [0.25, 0.3) is 0 Å². The van der Waals surface area contributed by atoms with Gasteiger partial charge in [-0.15, -0.1) is 0 Å². The molecule has 0 bridgehead atoms. The van der Waals surface area contributed by atoms with E-state index in [2.05, 4.69) is 16.3 Å². The van der Waals surface area contributed by atoms with E-state index in [-0.39, 0.29) is 12.4 Å². The number of anilines is 2. The van der Waals surface area contributed by atoms with E-state index in [1.165, 1.54) is 6.07 Å². The molecule has 1 fully saturated rings. The molecule has 0 unspecified atom stereocenters.